The zero-order valence-electron chi connectivity index (χ0n) is 9.71. The Morgan fingerprint density at radius 3 is 2.76 bits per heavy atom. The Morgan fingerprint density at radius 2 is 2.12 bits per heavy atom. The molecule has 2 nitrogen and oxygen atoms in total. The molecule has 0 bridgehead atoms. The van der Waals surface area contributed by atoms with Gasteiger partial charge in [0.25, 0.3) is 0 Å². The maximum atomic E-state index is 13.4. The highest BCUT2D eigenvalue weighted by atomic mass is 32.2. The predicted octanol–water partition coefficient (Wildman–Crippen LogP) is 3.50. The molecular formula is C12H14F2N2S. The number of benzene rings is 1. The van der Waals surface area contributed by atoms with Crippen LogP contribution in [0.2, 0.25) is 0 Å². The third kappa shape index (κ3) is 2.97. The minimum atomic E-state index is -0.598. The monoisotopic (exact) mass is 256 g/mol. The smallest absolute Gasteiger partial charge is 0.161 e. The van der Waals surface area contributed by atoms with Crippen molar-refractivity contribution in [2.45, 2.75) is 19.9 Å². The molecule has 0 saturated carbocycles. The summed E-state index contributed by atoms with van der Waals surface area (Å²) in [4.78, 5) is 4.43. The Hall–Kier alpha value is -1.10. The summed E-state index contributed by atoms with van der Waals surface area (Å²) >= 11 is 1.56. The van der Waals surface area contributed by atoms with Crippen molar-refractivity contribution in [2.75, 3.05) is 11.1 Å². The average Bonchev–Trinajstić information content (AvgIpc) is 2.27. The number of hydrogen-bond donors (Lipinski definition) is 1. The molecule has 1 N–H and O–H groups in total. The van der Waals surface area contributed by atoms with E-state index in [1.165, 1.54) is 12.1 Å². The van der Waals surface area contributed by atoms with E-state index in [0.717, 1.165) is 11.8 Å². The van der Waals surface area contributed by atoms with Crippen LogP contribution in [-0.4, -0.2) is 17.0 Å². The lowest BCUT2D eigenvalue weighted by Gasteiger charge is -2.23. The molecule has 0 aromatic heterocycles. The van der Waals surface area contributed by atoms with Crippen molar-refractivity contribution in [3.8, 4) is 0 Å². The van der Waals surface area contributed by atoms with Crippen LogP contribution in [0.3, 0.4) is 0 Å². The van der Waals surface area contributed by atoms with Crippen LogP contribution in [-0.2, 0) is 0 Å². The molecule has 0 spiro atoms. The van der Waals surface area contributed by atoms with E-state index < -0.39 is 11.6 Å². The molecule has 0 radical (unpaired) electrons. The van der Waals surface area contributed by atoms with Gasteiger partial charge < -0.3 is 5.32 Å². The van der Waals surface area contributed by atoms with E-state index in [2.05, 4.69) is 17.2 Å². The summed E-state index contributed by atoms with van der Waals surface area (Å²) in [5, 5.41) is 3.59. The Bertz CT molecular complexity index is 448. The third-order valence-electron chi connectivity index (χ3n) is 2.80. The number of amidine groups is 1. The summed E-state index contributed by atoms with van der Waals surface area (Å²) in [5.41, 5.74) is 0.263. The van der Waals surface area contributed by atoms with Crippen molar-refractivity contribution < 1.29 is 8.78 Å². The molecule has 2 atom stereocenters. The normalized spacial score (nSPS) is 24.4. The van der Waals surface area contributed by atoms with Gasteiger partial charge in [0.05, 0.1) is 11.7 Å². The SMILES string of the molecule is CC1CSC(Nc2ccc(F)cc2F)=NC1C. The van der Waals surface area contributed by atoms with Crippen molar-refractivity contribution in [1.82, 2.24) is 0 Å². The summed E-state index contributed by atoms with van der Waals surface area (Å²) in [5.74, 6) is 0.298. The molecule has 1 aliphatic rings. The zero-order chi connectivity index (χ0) is 12.4. The number of hydrogen-bond acceptors (Lipinski definition) is 3. The average molecular weight is 256 g/mol. The predicted molar refractivity (Wildman–Crippen MR) is 68.5 cm³/mol. The first-order valence-corrected chi connectivity index (χ1v) is 6.47. The standard InChI is InChI=1S/C12H14F2N2S/c1-7-6-17-12(15-8(7)2)16-11-4-3-9(13)5-10(11)14/h3-5,7-8H,6H2,1-2H3,(H,15,16). The summed E-state index contributed by atoms with van der Waals surface area (Å²) in [7, 11) is 0. The maximum Gasteiger partial charge on any atom is 0.161 e. The van der Waals surface area contributed by atoms with Crippen LogP contribution in [0.5, 0.6) is 0 Å². The molecule has 0 aliphatic carbocycles. The number of thioether (sulfide) groups is 1. The molecule has 1 aromatic carbocycles. The van der Waals surface area contributed by atoms with Gasteiger partial charge in [-0.05, 0) is 25.0 Å². The van der Waals surface area contributed by atoms with Gasteiger partial charge in [-0.2, -0.15) is 0 Å². The minimum absolute atomic E-state index is 0.224. The van der Waals surface area contributed by atoms with E-state index in [-0.39, 0.29) is 11.7 Å². The number of rotatable bonds is 1. The lowest BCUT2D eigenvalue weighted by atomic mass is 10.1. The van der Waals surface area contributed by atoms with E-state index in [0.29, 0.717) is 11.1 Å². The summed E-state index contributed by atoms with van der Waals surface area (Å²) in [6.07, 6.45) is 0. The number of halogens is 2. The maximum absolute atomic E-state index is 13.4. The van der Waals surface area contributed by atoms with Gasteiger partial charge in [0, 0.05) is 11.8 Å². The van der Waals surface area contributed by atoms with Gasteiger partial charge in [-0.25, -0.2) is 8.78 Å². The third-order valence-corrected chi connectivity index (χ3v) is 3.97. The van der Waals surface area contributed by atoms with Gasteiger partial charge in [-0.3, -0.25) is 4.99 Å². The van der Waals surface area contributed by atoms with Crippen LogP contribution in [0.25, 0.3) is 0 Å². The molecule has 0 fully saturated rings. The molecular weight excluding hydrogens is 242 g/mol. The van der Waals surface area contributed by atoms with E-state index in [1.807, 2.05) is 6.92 Å². The van der Waals surface area contributed by atoms with E-state index >= 15 is 0 Å². The van der Waals surface area contributed by atoms with Crippen molar-refractivity contribution in [2.24, 2.45) is 10.9 Å². The molecule has 2 unspecified atom stereocenters. The Balaban J connectivity index is 2.13. The molecule has 1 heterocycles. The van der Waals surface area contributed by atoms with Crippen LogP contribution < -0.4 is 5.32 Å². The second kappa shape index (κ2) is 5.04. The van der Waals surface area contributed by atoms with Crippen LogP contribution in [0, 0.1) is 17.6 Å². The molecule has 1 aliphatic heterocycles. The lowest BCUT2D eigenvalue weighted by molar-refractivity contribution is 0.537. The van der Waals surface area contributed by atoms with Crippen molar-refractivity contribution in [3.05, 3.63) is 29.8 Å². The summed E-state index contributed by atoms with van der Waals surface area (Å²) in [6, 6.07) is 3.70. The highest BCUT2D eigenvalue weighted by Crippen LogP contribution is 2.24. The van der Waals surface area contributed by atoms with Crippen molar-refractivity contribution in [1.29, 1.82) is 0 Å². The number of aliphatic imine (C=N–C) groups is 1. The fourth-order valence-corrected chi connectivity index (χ4v) is 2.60. The summed E-state index contributed by atoms with van der Waals surface area (Å²) < 4.78 is 26.1. The second-order valence-electron chi connectivity index (χ2n) is 4.21. The van der Waals surface area contributed by atoms with Gasteiger partial charge in [0.1, 0.15) is 11.6 Å². The quantitative estimate of drug-likeness (QED) is 0.831. The largest absolute Gasteiger partial charge is 0.333 e. The Morgan fingerprint density at radius 1 is 1.35 bits per heavy atom. The molecule has 1 aromatic rings. The fourth-order valence-electron chi connectivity index (χ4n) is 1.47. The van der Waals surface area contributed by atoms with E-state index in [4.69, 9.17) is 0 Å². The van der Waals surface area contributed by atoms with Gasteiger partial charge >= 0.3 is 0 Å². The van der Waals surface area contributed by atoms with Gasteiger partial charge in [-0.15, -0.1) is 0 Å². The van der Waals surface area contributed by atoms with Crippen LogP contribution in [0.15, 0.2) is 23.2 Å². The fraction of sp³-hybridized carbons (Fsp3) is 0.417. The van der Waals surface area contributed by atoms with E-state index in [1.54, 1.807) is 11.8 Å². The van der Waals surface area contributed by atoms with Crippen molar-refractivity contribution >= 4 is 22.6 Å². The zero-order valence-corrected chi connectivity index (χ0v) is 10.5. The van der Waals surface area contributed by atoms with Crippen LogP contribution >= 0.6 is 11.8 Å². The summed E-state index contributed by atoms with van der Waals surface area (Å²) in [6.45, 7) is 4.17. The van der Waals surface area contributed by atoms with Crippen LogP contribution in [0.1, 0.15) is 13.8 Å². The highest BCUT2D eigenvalue weighted by molar-refractivity contribution is 8.14. The Kier molecular flexibility index (Phi) is 3.66. The lowest BCUT2D eigenvalue weighted by Crippen LogP contribution is -2.25. The molecule has 0 saturated heterocycles. The Labute approximate surface area is 104 Å². The van der Waals surface area contributed by atoms with Gasteiger partial charge in [0.15, 0.2) is 5.17 Å². The highest BCUT2D eigenvalue weighted by Gasteiger charge is 2.19. The number of nitrogens with zero attached hydrogens (tertiary/aromatic N) is 1. The number of nitrogens with one attached hydrogen (secondary N) is 1. The first-order valence-electron chi connectivity index (χ1n) is 5.49. The van der Waals surface area contributed by atoms with Gasteiger partial charge in [-0.1, -0.05) is 18.7 Å². The first-order chi connectivity index (χ1) is 8.06. The molecule has 92 valence electrons. The van der Waals surface area contributed by atoms with Crippen molar-refractivity contribution in [3.63, 3.8) is 0 Å². The van der Waals surface area contributed by atoms with E-state index in [9.17, 15) is 8.78 Å². The van der Waals surface area contributed by atoms with Crippen LogP contribution in [0.4, 0.5) is 14.5 Å². The number of anilines is 1. The molecule has 17 heavy (non-hydrogen) atoms. The van der Waals surface area contributed by atoms with Gasteiger partial charge in [0.2, 0.25) is 0 Å². The first kappa shape index (κ1) is 12.4. The molecule has 2 rings (SSSR count). The molecule has 5 heteroatoms. The second-order valence-corrected chi connectivity index (χ2v) is 5.22. The topological polar surface area (TPSA) is 24.4 Å². The molecule has 0 amide bonds. The minimum Gasteiger partial charge on any atom is -0.333 e.